The van der Waals surface area contributed by atoms with Crippen molar-refractivity contribution in [2.45, 2.75) is 44.8 Å². The fourth-order valence-corrected chi connectivity index (χ4v) is 2.67. The summed E-state index contributed by atoms with van der Waals surface area (Å²) in [6.07, 6.45) is 3.16. The average Bonchev–Trinajstić information content (AvgIpc) is 2.36. The van der Waals surface area contributed by atoms with Gasteiger partial charge in [-0.25, -0.2) is 8.78 Å². The summed E-state index contributed by atoms with van der Waals surface area (Å²) >= 11 is 0. The molecule has 4 heteroatoms. The first kappa shape index (κ1) is 13.4. The van der Waals surface area contributed by atoms with E-state index >= 15 is 0 Å². The van der Waals surface area contributed by atoms with Gasteiger partial charge >= 0.3 is 0 Å². The number of piperidine rings is 1. The Kier molecular flexibility index (Phi) is 4.30. The van der Waals surface area contributed by atoms with Gasteiger partial charge < -0.3 is 5.11 Å². The maximum Gasteiger partial charge on any atom is 0.159 e. The van der Waals surface area contributed by atoms with E-state index in [-0.39, 0.29) is 12.6 Å². The third kappa shape index (κ3) is 2.87. The van der Waals surface area contributed by atoms with Crippen molar-refractivity contribution in [1.82, 2.24) is 4.90 Å². The van der Waals surface area contributed by atoms with E-state index in [0.29, 0.717) is 12.6 Å². The predicted octanol–water partition coefficient (Wildman–Crippen LogP) is 2.70. The molecule has 18 heavy (non-hydrogen) atoms. The summed E-state index contributed by atoms with van der Waals surface area (Å²) in [4.78, 5) is 2.18. The van der Waals surface area contributed by atoms with Crippen LogP contribution in [0.3, 0.4) is 0 Å². The molecule has 0 amide bonds. The lowest BCUT2D eigenvalue weighted by Crippen LogP contribution is -2.46. The van der Waals surface area contributed by atoms with Gasteiger partial charge in [-0.15, -0.1) is 0 Å². The quantitative estimate of drug-likeness (QED) is 0.897. The van der Waals surface area contributed by atoms with Crippen molar-refractivity contribution in [1.29, 1.82) is 0 Å². The zero-order chi connectivity index (χ0) is 13.1. The van der Waals surface area contributed by atoms with Crippen LogP contribution in [0.5, 0.6) is 0 Å². The van der Waals surface area contributed by atoms with E-state index in [9.17, 15) is 13.9 Å². The normalized spacial score (nSPS) is 25.3. The topological polar surface area (TPSA) is 23.5 Å². The first-order valence-electron chi connectivity index (χ1n) is 6.42. The van der Waals surface area contributed by atoms with E-state index in [0.717, 1.165) is 30.9 Å². The zero-order valence-electron chi connectivity index (χ0n) is 10.6. The first-order valence-corrected chi connectivity index (χ1v) is 6.42. The van der Waals surface area contributed by atoms with Crippen LogP contribution in [0, 0.1) is 11.6 Å². The standard InChI is InChI=1S/C14H19F2NO/c1-10-3-2-4-12(9-18)17(10)8-11-5-6-13(15)14(16)7-11/h5-7,10,12,18H,2-4,8-9H2,1H3. The first-order chi connectivity index (χ1) is 8.61. The maximum atomic E-state index is 13.2. The summed E-state index contributed by atoms with van der Waals surface area (Å²) in [6, 6.07) is 4.50. The second kappa shape index (κ2) is 5.76. The fourth-order valence-electron chi connectivity index (χ4n) is 2.67. The summed E-state index contributed by atoms with van der Waals surface area (Å²) < 4.78 is 26.0. The smallest absolute Gasteiger partial charge is 0.159 e. The van der Waals surface area contributed by atoms with Crippen LogP contribution in [0.2, 0.25) is 0 Å². The number of likely N-dealkylation sites (tertiary alicyclic amines) is 1. The number of aliphatic hydroxyl groups is 1. The molecule has 1 fully saturated rings. The molecule has 1 aromatic rings. The van der Waals surface area contributed by atoms with Crippen molar-refractivity contribution >= 4 is 0 Å². The Labute approximate surface area is 106 Å². The molecule has 2 unspecified atom stereocenters. The number of aliphatic hydroxyl groups excluding tert-OH is 1. The van der Waals surface area contributed by atoms with Crippen LogP contribution in [-0.4, -0.2) is 28.7 Å². The van der Waals surface area contributed by atoms with Crippen LogP contribution in [-0.2, 0) is 6.54 Å². The molecule has 1 N–H and O–H groups in total. The van der Waals surface area contributed by atoms with Crippen LogP contribution < -0.4 is 0 Å². The highest BCUT2D eigenvalue weighted by Gasteiger charge is 2.27. The number of hydrogen-bond donors (Lipinski definition) is 1. The van der Waals surface area contributed by atoms with Gasteiger partial charge in [0.15, 0.2) is 11.6 Å². The Morgan fingerprint density at radius 3 is 2.72 bits per heavy atom. The number of nitrogens with zero attached hydrogens (tertiary/aromatic N) is 1. The molecular formula is C14H19F2NO. The molecule has 0 radical (unpaired) electrons. The Morgan fingerprint density at radius 1 is 1.28 bits per heavy atom. The molecule has 2 nitrogen and oxygen atoms in total. The molecule has 0 aromatic heterocycles. The van der Waals surface area contributed by atoms with Crippen LogP contribution in [0.25, 0.3) is 0 Å². The van der Waals surface area contributed by atoms with E-state index < -0.39 is 11.6 Å². The summed E-state index contributed by atoms with van der Waals surface area (Å²) in [7, 11) is 0. The zero-order valence-corrected chi connectivity index (χ0v) is 10.6. The lowest BCUT2D eigenvalue weighted by molar-refractivity contribution is 0.0451. The third-order valence-corrected chi connectivity index (χ3v) is 3.75. The molecule has 0 bridgehead atoms. The van der Waals surface area contributed by atoms with Crippen molar-refractivity contribution in [3.8, 4) is 0 Å². The molecule has 0 spiro atoms. The van der Waals surface area contributed by atoms with E-state index in [4.69, 9.17) is 0 Å². The van der Waals surface area contributed by atoms with Gasteiger partial charge in [0.25, 0.3) is 0 Å². The summed E-state index contributed by atoms with van der Waals surface area (Å²) in [5.74, 6) is -1.62. The van der Waals surface area contributed by atoms with Crippen LogP contribution in [0.1, 0.15) is 31.7 Å². The van der Waals surface area contributed by atoms with Gasteiger partial charge in [-0.2, -0.15) is 0 Å². The molecule has 1 aliphatic heterocycles. The molecular weight excluding hydrogens is 236 g/mol. The van der Waals surface area contributed by atoms with Gasteiger partial charge in [0.05, 0.1) is 6.61 Å². The van der Waals surface area contributed by atoms with Crippen LogP contribution in [0.4, 0.5) is 8.78 Å². The minimum absolute atomic E-state index is 0.119. The van der Waals surface area contributed by atoms with Gasteiger partial charge in [0.2, 0.25) is 0 Å². The maximum absolute atomic E-state index is 13.2. The minimum Gasteiger partial charge on any atom is -0.395 e. The van der Waals surface area contributed by atoms with Gasteiger partial charge in [-0.1, -0.05) is 12.5 Å². The van der Waals surface area contributed by atoms with Crippen molar-refractivity contribution in [3.63, 3.8) is 0 Å². The van der Waals surface area contributed by atoms with Gasteiger partial charge in [-0.05, 0) is 37.5 Å². The number of hydrogen-bond acceptors (Lipinski definition) is 2. The highest BCUT2D eigenvalue weighted by Crippen LogP contribution is 2.25. The predicted molar refractivity (Wildman–Crippen MR) is 66.1 cm³/mol. The highest BCUT2D eigenvalue weighted by atomic mass is 19.2. The molecule has 1 heterocycles. The van der Waals surface area contributed by atoms with E-state index in [2.05, 4.69) is 11.8 Å². The summed E-state index contributed by atoms with van der Waals surface area (Å²) in [6.45, 7) is 2.79. The Morgan fingerprint density at radius 2 is 2.06 bits per heavy atom. The average molecular weight is 255 g/mol. The third-order valence-electron chi connectivity index (χ3n) is 3.75. The second-order valence-corrected chi connectivity index (χ2v) is 5.04. The Hall–Kier alpha value is -1.00. The van der Waals surface area contributed by atoms with E-state index in [1.165, 1.54) is 6.07 Å². The molecule has 1 aromatic carbocycles. The molecule has 0 aliphatic carbocycles. The van der Waals surface area contributed by atoms with Gasteiger partial charge in [0.1, 0.15) is 0 Å². The molecule has 2 atom stereocenters. The monoisotopic (exact) mass is 255 g/mol. The van der Waals surface area contributed by atoms with Gasteiger partial charge in [0, 0.05) is 18.6 Å². The Bertz CT molecular complexity index is 411. The van der Waals surface area contributed by atoms with E-state index in [1.807, 2.05) is 0 Å². The SMILES string of the molecule is CC1CCCC(CO)N1Cc1ccc(F)c(F)c1. The highest BCUT2D eigenvalue weighted by molar-refractivity contribution is 5.18. The lowest BCUT2D eigenvalue weighted by atomic mass is 9.96. The lowest BCUT2D eigenvalue weighted by Gasteiger charge is -2.40. The van der Waals surface area contributed by atoms with Crippen molar-refractivity contribution in [3.05, 3.63) is 35.4 Å². The summed E-state index contributed by atoms with van der Waals surface area (Å²) in [5.41, 5.74) is 0.751. The summed E-state index contributed by atoms with van der Waals surface area (Å²) in [5, 5.41) is 9.38. The second-order valence-electron chi connectivity index (χ2n) is 5.04. The molecule has 1 saturated heterocycles. The van der Waals surface area contributed by atoms with Crippen molar-refractivity contribution in [2.75, 3.05) is 6.61 Å². The fraction of sp³-hybridized carbons (Fsp3) is 0.571. The van der Waals surface area contributed by atoms with Crippen molar-refractivity contribution in [2.24, 2.45) is 0 Å². The number of halogens is 2. The van der Waals surface area contributed by atoms with E-state index in [1.54, 1.807) is 6.07 Å². The van der Waals surface area contributed by atoms with Crippen molar-refractivity contribution < 1.29 is 13.9 Å². The molecule has 1 aliphatic rings. The molecule has 100 valence electrons. The van der Waals surface area contributed by atoms with Crippen LogP contribution >= 0.6 is 0 Å². The number of benzene rings is 1. The minimum atomic E-state index is -0.816. The molecule has 0 saturated carbocycles. The Balaban J connectivity index is 2.12. The van der Waals surface area contributed by atoms with Crippen LogP contribution in [0.15, 0.2) is 18.2 Å². The molecule has 2 rings (SSSR count). The number of rotatable bonds is 3. The largest absolute Gasteiger partial charge is 0.395 e. The van der Waals surface area contributed by atoms with Gasteiger partial charge in [-0.3, -0.25) is 4.90 Å².